The van der Waals surface area contributed by atoms with Crippen LogP contribution >= 0.6 is 11.6 Å². The summed E-state index contributed by atoms with van der Waals surface area (Å²) in [6.45, 7) is 7.75. The molecule has 33 heavy (non-hydrogen) atoms. The molecule has 0 saturated heterocycles. The third-order valence-electron chi connectivity index (χ3n) is 6.24. The summed E-state index contributed by atoms with van der Waals surface area (Å²) < 4.78 is 10.5. The first kappa shape index (κ1) is 25.1. The minimum Gasteiger partial charge on any atom is -0.476 e. The fraction of sp³-hybridized carbons (Fsp3) is 0.625. The molecule has 1 heterocycles. The lowest BCUT2D eigenvalue weighted by atomic mass is 9.92. The average molecular weight is 480 g/mol. The molecule has 0 radical (unpaired) electrons. The Balaban J connectivity index is 1.96. The van der Waals surface area contributed by atoms with Gasteiger partial charge in [-0.1, -0.05) is 30.9 Å². The van der Waals surface area contributed by atoms with Gasteiger partial charge in [-0.25, -0.2) is 4.79 Å². The first-order chi connectivity index (χ1) is 15.6. The van der Waals surface area contributed by atoms with Crippen molar-refractivity contribution in [3.8, 4) is 5.75 Å². The molecule has 0 atom stereocenters. The number of benzene rings is 1. The van der Waals surface area contributed by atoms with Gasteiger partial charge in [0.25, 0.3) is 11.8 Å². The van der Waals surface area contributed by atoms with Gasteiger partial charge in [-0.05, 0) is 46.6 Å². The molecule has 1 aromatic carbocycles. The van der Waals surface area contributed by atoms with Crippen LogP contribution in [0.1, 0.15) is 70.2 Å². The number of hydrogen-bond donors (Lipinski definition) is 1. The van der Waals surface area contributed by atoms with Crippen LogP contribution in [0.2, 0.25) is 5.02 Å². The van der Waals surface area contributed by atoms with Crippen LogP contribution in [0.4, 0.5) is 10.5 Å². The van der Waals surface area contributed by atoms with E-state index in [1.165, 1.54) is 18.4 Å². The molecule has 2 aliphatic rings. The molecule has 0 spiro atoms. The van der Waals surface area contributed by atoms with Crippen molar-refractivity contribution in [2.24, 2.45) is 0 Å². The fourth-order valence-electron chi connectivity index (χ4n) is 4.64. The Kier molecular flexibility index (Phi) is 7.77. The number of alkyl carbamates (subject to hydrolysis) is 1. The van der Waals surface area contributed by atoms with Crippen LogP contribution in [-0.4, -0.2) is 60.7 Å². The SMILES string of the molecule is COC(=O)NCCN1C(=O)C(C)(C)Oc2cc(Cl)c(C(=O)N(C(C)C)C3CCCCC3)cc21. The number of nitrogens with one attached hydrogen (secondary N) is 1. The number of ether oxygens (including phenoxy) is 2. The Labute approximate surface area is 200 Å². The molecule has 3 amide bonds. The fourth-order valence-corrected chi connectivity index (χ4v) is 4.87. The second-order valence-corrected chi connectivity index (χ2v) is 9.79. The first-order valence-electron chi connectivity index (χ1n) is 11.6. The predicted molar refractivity (Wildman–Crippen MR) is 127 cm³/mol. The highest BCUT2D eigenvalue weighted by Crippen LogP contribution is 2.41. The van der Waals surface area contributed by atoms with Crippen LogP contribution < -0.4 is 15.0 Å². The zero-order valence-corrected chi connectivity index (χ0v) is 20.8. The van der Waals surface area contributed by atoms with Gasteiger partial charge in [-0.2, -0.15) is 0 Å². The zero-order valence-electron chi connectivity index (χ0n) is 20.1. The summed E-state index contributed by atoms with van der Waals surface area (Å²) in [5.41, 5.74) is -0.304. The van der Waals surface area contributed by atoms with E-state index in [-0.39, 0.29) is 42.0 Å². The maximum Gasteiger partial charge on any atom is 0.406 e. The van der Waals surface area contributed by atoms with Crippen molar-refractivity contribution in [1.82, 2.24) is 10.2 Å². The van der Waals surface area contributed by atoms with E-state index < -0.39 is 11.7 Å². The zero-order chi connectivity index (χ0) is 24.3. The van der Waals surface area contributed by atoms with Crippen LogP contribution in [0.5, 0.6) is 5.75 Å². The minimum atomic E-state index is -1.11. The minimum absolute atomic E-state index is 0.0184. The molecule has 1 aromatic rings. The number of hydrogen-bond acceptors (Lipinski definition) is 5. The van der Waals surface area contributed by atoms with Crippen molar-refractivity contribution in [1.29, 1.82) is 0 Å². The standard InChI is InChI=1S/C24H34ClN3O5/c1-15(2)28(16-9-7-6-8-10-16)21(29)17-13-19-20(14-18(17)25)33-24(3,4)22(30)27(19)12-11-26-23(31)32-5/h13-16H,6-12H2,1-5H3,(H,26,31). The molecular formula is C24H34ClN3O5. The Morgan fingerprint density at radius 1 is 1.27 bits per heavy atom. The number of fused-ring (bicyclic) bond motifs is 1. The van der Waals surface area contributed by atoms with Crippen molar-refractivity contribution in [2.75, 3.05) is 25.1 Å². The van der Waals surface area contributed by atoms with Gasteiger partial charge in [0.05, 0.1) is 23.4 Å². The van der Waals surface area contributed by atoms with Crippen LogP contribution in [0.25, 0.3) is 0 Å². The Morgan fingerprint density at radius 2 is 1.94 bits per heavy atom. The van der Waals surface area contributed by atoms with Gasteiger partial charge in [0.1, 0.15) is 5.75 Å². The van der Waals surface area contributed by atoms with Gasteiger partial charge < -0.3 is 24.6 Å². The number of carbonyl (C=O) groups is 3. The van der Waals surface area contributed by atoms with Crippen LogP contribution in [-0.2, 0) is 9.53 Å². The molecule has 182 valence electrons. The summed E-state index contributed by atoms with van der Waals surface area (Å²) in [6, 6.07) is 3.45. The van der Waals surface area contributed by atoms with E-state index >= 15 is 0 Å². The number of anilines is 1. The van der Waals surface area contributed by atoms with E-state index in [0.717, 1.165) is 25.7 Å². The van der Waals surface area contributed by atoms with E-state index in [1.807, 2.05) is 18.7 Å². The van der Waals surface area contributed by atoms with E-state index in [0.29, 0.717) is 17.0 Å². The van der Waals surface area contributed by atoms with E-state index in [9.17, 15) is 14.4 Å². The molecule has 1 saturated carbocycles. The van der Waals surface area contributed by atoms with Crippen molar-refractivity contribution >= 4 is 35.2 Å². The highest BCUT2D eigenvalue weighted by molar-refractivity contribution is 6.34. The summed E-state index contributed by atoms with van der Waals surface area (Å²) in [4.78, 5) is 41.7. The topological polar surface area (TPSA) is 88.2 Å². The Hall–Kier alpha value is -2.48. The molecule has 0 unspecified atom stereocenters. The van der Waals surface area contributed by atoms with Crippen LogP contribution in [0.3, 0.4) is 0 Å². The van der Waals surface area contributed by atoms with E-state index in [4.69, 9.17) is 16.3 Å². The number of rotatable bonds is 6. The van der Waals surface area contributed by atoms with Crippen molar-refractivity contribution in [3.63, 3.8) is 0 Å². The van der Waals surface area contributed by atoms with Crippen molar-refractivity contribution in [3.05, 3.63) is 22.7 Å². The number of methoxy groups -OCH3 is 1. The maximum absolute atomic E-state index is 13.7. The summed E-state index contributed by atoms with van der Waals surface area (Å²) in [5, 5.41) is 2.88. The molecular weight excluding hydrogens is 446 g/mol. The number of nitrogens with zero attached hydrogens (tertiary/aromatic N) is 2. The molecule has 8 nitrogen and oxygen atoms in total. The highest BCUT2D eigenvalue weighted by atomic mass is 35.5. The number of amides is 3. The molecule has 3 rings (SSSR count). The summed E-state index contributed by atoms with van der Waals surface area (Å²) >= 11 is 6.58. The van der Waals surface area contributed by atoms with Gasteiger partial charge >= 0.3 is 6.09 Å². The lowest BCUT2D eigenvalue weighted by Crippen LogP contribution is -2.54. The van der Waals surface area contributed by atoms with E-state index in [1.54, 1.807) is 26.0 Å². The van der Waals surface area contributed by atoms with Crippen LogP contribution in [0.15, 0.2) is 12.1 Å². The quantitative estimate of drug-likeness (QED) is 0.654. The molecule has 1 fully saturated rings. The summed E-state index contributed by atoms with van der Waals surface area (Å²) in [6.07, 6.45) is 4.79. The first-order valence-corrected chi connectivity index (χ1v) is 11.9. The molecule has 9 heteroatoms. The average Bonchev–Trinajstić information content (AvgIpc) is 2.76. The maximum atomic E-state index is 13.7. The number of halogens is 1. The normalized spacial score (nSPS) is 17.9. The van der Waals surface area contributed by atoms with E-state index in [2.05, 4.69) is 10.1 Å². The summed E-state index contributed by atoms with van der Waals surface area (Å²) in [5.74, 6) is 0.0120. The van der Waals surface area contributed by atoms with Gasteiger partial charge in [0, 0.05) is 31.2 Å². The van der Waals surface area contributed by atoms with Gasteiger partial charge in [0.15, 0.2) is 5.60 Å². The second-order valence-electron chi connectivity index (χ2n) is 9.39. The molecule has 0 aromatic heterocycles. The molecule has 1 N–H and O–H groups in total. The summed E-state index contributed by atoms with van der Waals surface area (Å²) in [7, 11) is 1.28. The van der Waals surface area contributed by atoms with Crippen LogP contribution in [0, 0.1) is 0 Å². The largest absolute Gasteiger partial charge is 0.476 e. The van der Waals surface area contributed by atoms with Gasteiger partial charge in [-0.3, -0.25) is 9.59 Å². The highest BCUT2D eigenvalue weighted by Gasteiger charge is 2.42. The second kappa shape index (κ2) is 10.2. The monoisotopic (exact) mass is 479 g/mol. The smallest absolute Gasteiger partial charge is 0.406 e. The van der Waals surface area contributed by atoms with Crippen molar-refractivity contribution < 1.29 is 23.9 Å². The van der Waals surface area contributed by atoms with Gasteiger partial charge in [0.2, 0.25) is 0 Å². The lowest BCUT2D eigenvalue weighted by Gasteiger charge is -2.40. The molecule has 1 aliphatic carbocycles. The molecule has 1 aliphatic heterocycles. The van der Waals surface area contributed by atoms with Gasteiger partial charge in [-0.15, -0.1) is 0 Å². The molecule has 0 bridgehead atoms. The Bertz CT molecular complexity index is 912. The Morgan fingerprint density at radius 3 is 2.55 bits per heavy atom. The third-order valence-corrected chi connectivity index (χ3v) is 6.56. The lowest BCUT2D eigenvalue weighted by molar-refractivity contribution is -0.132. The number of carbonyl (C=O) groups excluding carboxylic acids is 3. The predicted octanol–water partition coefficient (Wildman–Crippen LogP) is 4.38. The van der Waals surface area contributed by atoms with Crippen molar-refractivity contribution in [2.45, 2.75) is 77.5 Å². The third kappa shape index (κ3) is 5.37.